The minimum Gasteiger partial charge on any atom is -0.480 e. The Morgan fingerprint density at radius 1 is 0.925 bits per heavy atom. The summed E-state index contributed by atoms with van der Waals surface area (Å²) in [6, 6.07) is 6.85. The van der Waals surface area contributed by atoms with E-state index < -0.39 is 54.0 Å². The number of ketones is 1. The van der Waals surface area contributed by atoms with Crippen molar-refractivity contribution in [2.75, 3.05) is 41.9 Å². The van der Waals surface area contributed by atoms with Gasteiger partial charge in [0.25, 0.3) is 0 Å². The van der Waals surface area contributed by atoms with Crippen molar-refractivity contribution >= 4 is 29.5 Å². The molecule has 1 saturated heterocycles. The van der Waals surface area contributed by atoms with Gasteiger partial charge in [0.15, 0.2) is 5.78 Å². The molecule has 1 heterocycles. The van der Waals surface area contributed by atoms with Gasteiger partial charge < -0.3 is 29.7 Å². The maximum Gasteiger partial charge on any atom is 0.326 e. The van der Waals surface area contributed by atoms with E-state index in [9.17, 15) is 29.1 Å². The first-order chi connectivity index (χ1) is 24.9. The molecule has 12 nitrogen and oxygen atoms in total. The first-order valence-electron chi connectivity index (χ1n) is 19.3. The predicted octanol–water partition coefficient (Wildman–Crippen LogP) is 4.54. The molecule has 1 fully saturated rings. The second kappa shape index (κ2) is 21.5. The van der Waals surface area contributed by atoms with E-state index in [0.29, 0.717) is 13.0 Å². The summed E-state index contributed by atoms with van der Waals surface area (Å²) in [6.07, 6.45) is 1.05. The molecule has 1 aromatic carbocycles. The summed E-state index contributed by atoms with van der Waals surface area (Å²) < 4.78 is 11.9. The quantitative estimate of drug-likeness (QED) is 0.175. The molecule has 2 unspecified atom stereocenters. The highest BCUT2D eigenvalue weighted by Gasteiger charge is 2.43. The molecule has 2 N–H and O–H groups in total. The van der Waals surface area contributed by atoms with Gasteiger partial charge in [-0.25, -0.2) is 4.79 Å². The molecule has 2 rings (SSSR count). The number of carboxylic acids is 1. The molecule has 0 spiro atoms. The second-order valence-electron chi connectivity index (χ2n) is 15.9. The average molecular weight is 745 g/mol. The highest BCUT2D eigenvalue weighted by molar-refractivity contribution is 5.90. The highest BCUT2D eigenvalue weighted by Crippen LogP contribution is 2.31. The molecule has 1 aromatic rings. The zero-order valence-electron chi connectivity index (χ0n) is 34.3. The average Bonchev–Trinajstić information content (AvgIpc) is 3.59. The number of nitrogens with one attached hydrogen (secondary N) is 1. The lowest BCUT2D eigenvalue weighted by Crippen LogP contribution is -2.55. The topological polar surface area (TPSA) is 146 Å². The van der Waals surface area contributed by atoms with Crippen molar-refractivity contribution in [2.45, 2.75) is 123 Å². The van der Waals surface area contributed by atoms with Crippen LogP contribution in [0.2, 0.25) is 0 Å². The molecule has 1 aliphatic rings. The van der Waals surface area contributed by atoms with Gasteiger partial charge in [0.1, 0.15) is 6.04 Å². The number of amides is 3. The smallest absolute Gasteiger partial charge is 0.326 e. The third kappa shape index (κ3) is 12.3. The normalized spacial score (nSPS) is 19.3. The van der Waals surface area contributed by atoms with Crippen LogP contribution in [-0.2, 0) is 39.9 Å². The molecular formula is C41H68N4O8. The molecule has 0 aliphatic carbocycles. The summed E-state index contributed by atoms with van der Waals surface area (Å²) in [7, 11) is 8.58. The summed E-state index contributed by atoms with van der Waals surface area (Å²) >= 11 is 0. The number of carbonyl (C=O) groups is 5. The summed E-state index contributed by atoms with van der Waals surface area (Å²) in [6.45, 7) is 14.2. The van der Waals surface area contributed by atoms with Gasteiger partial charge in [0.2, 0.25) is 17.7 Å². The molecule has 300 valence electrons. The van der Waals surface area contributed by atoms with Crippen LogP contribution >= 0.6 is 0 Å². The molecule has 0 bridgehead atoms. The van der Waals surface area contributed by atoms with Crippen molar-refractivity contribution in [3.05, 3.63) is 35.9 Å². The molecule has 53 heavy (non-hydrogen) atoms. The van der Waals surface area contributed by atoms with E-state index in [4.69, 9.17) is 9.47 Å². The van der Waals surface area contributed by atoms with Crippen LogP contribution in [-0.4, -0.2) is 128 Å². The number of hydrogen-bond donors (Lipinski definition) is 2. The molecule has 3 amide bonds. The van der Waals surface area contributed by atoms with E-state index >= 15 is 0 Å². The van der Waals surface area contributed by atoms with E-state index in [1.165, 1.54) is 7.11 Å². The van der Waals surface area contributed by atoms with Gasteiger partial charge >= 0.3 is 5.97 Å². The Balaban J connectivity index is 2.27. The van der Waals surface area contributed by atoms with E-state index in [1.807, 2.05) is 90.9 Å². The first kappa shape index (κ1) is 45.8. The van der Waals surface area contributed by atoms with E-state index in [2.05, 4.69) is 5.32 Å². The number of hydrogen-bond acceptors (Lipinski definition) is 8. The van der Waals surface area contributed by atoms with Gasteiger partial charge in [0, 0.05) is 46.6 Å². The zero-order chi connectivity index (χ0) is 40.2. The van der Waals surface area contributed by atoms with Crippen LogP contribution in [0.4, 0.5) is 0 Å². The number of aliphatic carboxylic acids is 1. The lowest BCUT2D eigenvalue weighted by Gasteiger charge is -2.41. The number of likely N-dealkylation sites (N-methyl/N-ethyl adjacent to an activating group) is 2. The maximum atomic E-state index is 14.3. The van der Waals surface area contributed by atoms with Gasteiger partial charge in [-0.2, -0.15) is 0 Å². The highest BCUT2D eigenvalue weighted by atomic mass is 16.5. The number of benzene rings is 1. The number of carboxylic acid groups (broad SMARTS) is 1. The van der Waals surface area contributed by atoms with E-state index in [1.54, 1.807) is 30.9 Å². The molecule has 0 aromatic heterocycles. The van der Waals surface area contributed by atoms with Gasteiger partial charge in [-0.1, -0.05) is 85.2 Å². The third-order valence-corrected chi connectivity index (χ3v) is 11.2. The molecule has 9 atom stereocenters. The monoisotopic (exact) mass is 745 g/mol. The lowest BCUT2D eigenvalue weighted by atomic mass is 9.83. The summed E-state index contributed by atoms with van der Waals surface area (Å²) in [4.78, 5) is 72.9. The van der Waals surface area contributed by atoms with Crippen LogP contribution in [0.3, 0.4) is 0 Å². The fourth-order valence-electron chi connectivity index (χ4n) is 8.12. The molecular weight excluding hydrogens is 676 g/mol. The lowest BCUT2D eigenvalue weighted by molar-refractivity contribution is -0.149. The Bertz CT molecular complexity index is 1330. The standard InChI is InChI=1S/C41H68N4O8/c1-13-27(6)37(44(10)40(49)30(25(2)3)23-33(46)36(26(4)5)43(8)9)34(52-11)24-35(47)45-21-17-20-32(45)38(53-12)28(7)39(48)42-31(41(50)51)22-29-18-15-14-16-19-29/h14-16,18-19,25-28,30-32,34,36-38H,13,17,20-24H2,1-12H3,(H,42,48)(H,50,51)/t27?,28-,30+,31?,32+,34-,36+,37+,38-/m1/s1. The summed E-state index contributed by atoms with van der Waals surface area (Å²) in [5.41, 5.74) is 0.789. The largest absolute Gasteiger partial charge is 0.480 e. The van der Waals surface area contributed by atoms with Gasteiger partial charge in [-0.15, -0.1) is 0 Å². The minimum atomic E-state index is -1.13. The number of carbonyl (C=O) groups excluding carboxylic acids is 4. The molecule has 0 saturated carbocycles. The number of likely N-dealkylation sites (tertiary alicyclic amines) is 1. The number of ether oxygens (including phenoxy) is 2. The molecule has 12 heteroatoms. The Morgan fingerprint density at radius 3 is 2.04 bits per heavy atom. The van der Waals surface area contributed by atoms with Crippen LogP contribution in [0.25, 0.3) is 0 Å². The number of rotatable bonds is 22. The van der Waals surface area contributed by atoms with Crippen LogP contribution in [0.1, 0.15) is 86.1 Å². The Labute approximate surface area is 318 Å². The summed E-state index contributed by atoms with van der Waals surface area (Å²) in [5.74, 6) is -3.14. The zero-order valence-corrected chi connectivity index (χ0v) is 34.3. The molecule has 0 radical (unpaired) electrons. The summed E-state index contributed by atoms with van der Waals surface area (Å²) in [5, 5.41) is 12.6. The van der Waals surface area contributed by atoms with Crippen molar-refractivity contribution in [1.82, 2.24) is 20.0 Å². The SMILES string of the molecule is CCC(C)[C@@H]([C@@H](CC(=O)N1CCC[C@H]1[C@H](OC)[C@@H](C)C(=O)NC(Cc1ccccc1)C(=O)O)OC)N(C)C(=O)[C@@H](CC(=O)[C@H](C(C)C)N(C)C)C(C)C. The van der Waals surface area contributed by atoms with Crippen LogP contribution < -0.4 is 5.32 Å². The van der Waals surface area contributed by atoms with Crippen LogP contribution in [0, 0.1) is 29.6 Å². The van der Waals surface area contributed by atoms with Crippen LogP contribution in [0.5, 0.6) is 0 Å². The Hall–Kier alpha value is -3.35. The van der Waals surface area contributed by atoms with Crippen molar-refractivity contribution < 1.29 is 38.6 Å². The fourth-order valence-corrected chi connectivity index (χ4v) is 8.12. The number of Topliss-reactive ketones (excluding diaryl/α,β-unsaturated/α-hetero) is 1. The van der Waals surface area contributed by atoms with Crippen molar-refractivity contribution in [2.24, 2.45) is 29.6 Å². The minimum absolute atomic E-state index is 0.0101. The first-order valence-corrected chi connectivity index (χ1v) is 19.3. The van der Waals surface area contributed by atoms with Crippen molar-refractivity contribution in [3.63, 3.8) is 0 Å². The van der Waals surface area contributed by atoms with Gasteiger partial charge in [-0.3, -0.25) is 24.1 Å². The van der Waals surface area contributed by atoms with E-state index in [-0.39, 0.29) is 60.7 Å². The Morgan fingerprint density at radius 2 is 1.55 bits per heavy atom. The van der Waals surface area contributed by atoms with Crippen molar-refractivity contribution in [1.29, 1.82) is 0 Å². The van der Waals surface area contributed by atoms with E-state index in [0.717, 1.165) is 18.4 Å². The Kier molecular flexibility index (Phi) is 18.6. The van der Waals surface area contributed by atoms with Crippen molar-refractivity contribution in [3.8, 4) is 0 Å². The van der Waals surface area contributed by atoms with Gasteiger partial charge in [-0.05, 0) is 50.3 Å². The third-order valence-electron chi connectivity index (χ3n) is 11.2. The second-order valence-corrected chi connectivity index (χ2v) is 15.9. The van der Waals surface area contributed by atoms with Crippen LogP contribution in [0.15, 0.2) is 30.3 Å². The fraction of sp³-hybridized carbons (Fsp3) is 0.732. The number of nitrogens with zero attached hydrogens (tertiary/aromatic N) is 3. The maximum absolute atomic E-state index is 14.3. The number of methoxy groups -OCH3 is 2. The molecule has 1 aliphatic heterocycles. The predicted molar refractivity (Wildman–Crippen MR) is 206 cm³/mol. The van der Waals surface area contributed by atoms with Gasteiger partial charge in [0.05, 0.1) is 42.7 Å².